The predicted octanol–water partition coefficient (Wildman–Crippen LogP) is 2.49. The molecule has 3 aromatic rings. The Kier molecular flexibility index (Phi) is 5.36. The Balaban J connectivity index is 1.43. The van der Waals surface area contributed by atoms with Crippen molar-refractivity contribution in [2.75, 3.05) is 20.3 Å². The third-order valence-corrected chi connectivity index (χ3v) is 4.96. The highest BCUT2D eigenvalue weighted by Gasteiger charge is 2.22. The number of rotatable bonds is 7. The largest absolute Gasteiger partial charge is 0.496 e. The van der Waals surface area contributed by atoms with Gasteiger partial charge >= 0.3 is 0 Å². The number of ether oxygens (including phenoxy) is 2. The van der Waals surface area contributed by atoms with Gasteiger partial charge in [-0.25, -0.2) is 0 Å². The van der Waals surface area contributed by atoms with Gasteiger partial charge in [0, 0.05) is 12.0 Å². The van der Waals surface area contributed by atoms with Crippen molar-refractivity contribution >= 4 is 11.6 Å². The number of methoxy groups -OCH3 is 1. The number of benzene rings is 1. The smallest absolute Gasteiger partial charge is 0.231 e. The van der Waals surface area contributed by atoms with Gasteiger partial charge in [-0.05, 0) is 31.0 Å². The van der Waals surface area contributed by atoms with Crippen LogP contribution in [0.3, 0.4) is 0 Å². The Morgan fingerprint density at radius 2 is 2.00 bits per heavy atom. The van der Waals surface area contributed by atoms with Gasteiger partial charge in [0.05, 0.1) is 19.2 Å². The maximum atomic E-state index is 12.0. The lowest BCUT2D eigenvalue weighted by Gasteiger charge is -2.11. The van der Waals surface area contributed by atoms with E-state index in [-0.39, 0.29) is 11.8 Å². The zero-order valence-electron chi connectivity index (χ0n) is 15.8. The van der Waals surface area contributed by atoms with Crippen LogP contribution in [0.5, 0.6) is 11.6 Å². The fraction of sp³-hybridized carbons (Fsp3) is 0.400. The number of nitrogens with one attached hydrogen (secondary N) is 1. The number of hydrogen-bond acceptors (Lipinski definition) is 6. The van der Waals surface area contributed by atoms with Crippen molar-refractivity contribution in [3.05, 3.63) is 36.4 Å². The zero-order valence-corrected chi connectivity index (χ0v) is 15.8. The lowest BCUT2D eigenvalue weighted by Crippen LogP contribution is -2.32. The molecule has 0 radical (unpaired) electrons. The predicted molar refractivity (Wildman–Crippen MR) is 103 cm³/mol. The molecule has 8 heteroatoms. The average Bonchev–Trinajstić information content (AvgIpc) is 3.41. The summed E-state index contributed by atoms with van der Waals surface area (Å²) in [5.41, 5.74) is 1.41. The Morgan fingerprint density at radius 3 is 2.82 bits per heavy atom. The van der Waals surface area contributed by atoms with Crippen LogP contribution in [0, 0.1) is 5.92 Å². The van der Waals surface area contributed by atoms with Crippen molar-refractivity contribution in [2.45, 2.75) is 25.7 Å². The number of carbonyl (C=O) groups is 1. The Labute approximate surface area is 162 Å². The highest BCUT2D eigenvalue weighted by atomic mass is 16.5. The molecule has 0 spiro atoms. The summed E-state index contributed by atoms with van der Waals surface area (Å²) in [6.45, 7) is 0.805. The molecule has 0 aliphatic heterocycles. The van der Waals surface area contributed by atoms with E-state index in [4.69, 9.17) is 9.47 Å². The standard InChI is InChI=1S/C20H23N5O3/c1-27-16-9-5-4-8-15(16)19-23-22-17-10-11-18(24-25(17)19)28-13-12-21-20(26)14-6-2-3-7-14/h4-5,8-11,14H,2-3,6-7,12-13H2,1H3,(H,21,26). The zero-order chi connectivity index (χ0) is 19.3. The molecule has 0 unspecified atom stereocenters. The molecule has 8 nitrogen and oxygen atoms in total. The number of amides is 1. The number of fused-ring (bicyclic) bond motifs is 1. The van der Waals surface area contributed by atoms with Gasteiger partial charge in [-0.15, -0.1) is 15.3 Å². The number of aromatic nitrogens is 4. The van der Waals surface area contributed by atoms with Gasteiger partial charge in [0.1, 0.15) is 12.4 Å². The van der Waals surface area contributed by atoms with Crippen LogP contribution >= 0.6 is 0 Å². The molecule has 146 valence electrons. The van der Waals surface area contributed by atoms with E-state index in [1.807, 2.05) is 24.3 Å². The monoisotopic (exact) mass is 381 g/mol. The molecule has 0 atom stereocenters. The van der Waals surface area contributed by atoms with Crippen LogP contribution in [0.15, 0.2) is 36.4 Å². The third kappa shape index (κ3) is 3.76. The highest BCUT2D eigenvalue weighted by Crippen LogP contribution is 2.28. The summed E-state index contributed by atoms with van der Waals surface area (Å²) in [6.07, 6.45) is 4.27. The first kappa shape index (κ1) is 18.2. The lowest BCUT2D eigenvalue weighted by molar-refractivity contribution is -0.124. The summed E-state index contributed by atoms with van der Waals surface area (Å²) in [5, 5.41) is 15.8. The van der Waals surface area contributed by atoms with Crippen LogP contribution in [-0.2, 0) is 4.79 Å². The molecule has 1 fully saturated rings. The van der Waals surface area contributed by atoms with E-state index in [2.05, 4.69) is 20.6 Å². The SMILES string of the molecule is COc1ccccc1-c1nnc2ccc(OCCNC(=O)C3CCCC3)nn12. The molecule has 1 aromatic carbocycles. The van der Waals surface area contributed by atoms with Crippen molar-refractivity contribution < 1.29 is 14.3 Å². The third-order valence-electron chi connectivity index (χ3n) is 4.96. The van der Waals surface area contributed by atoms with Gasteiger partial charge < -0.3 is 14.8 Å². The quantitative estimate of drug-likeness (QED) is 0.633. The van der Waals surface area contributed by atoms with E-state index in [0.717, 1.165) is 31.2 Å². The van der Waals surface area contributed by atoms with E-state index in [0.29, 0.717) is 36.3 Å². The van der Waals surface area contributed by atoms with Crippen LogP contribution in [0.25, 0.3) is 17.0 Å². The van der Waals surface area contributed by atoms with Crippen molar-refractivity contribution in [1.82, 2.24) is 25.1 Å². The van der Waals surface area contributed by atoms with Gasteiger partial charge in [-0.3, -0.25) is 4.79 Å². The van der Waals surface area contributed by atoms with Crippen LogP contribution in [0.4, 0.5) is 0 Å². The minimum atomic E-state index is 0.127. The number of nitrogens with zero attached hydrogens (tertiary/aromatic N) is 4. The molecule has 1 aliphatic carbocycles. The second-order valence-electron chi connectivity index (χ2n) is 6.79. The molecular weight excluding hydrogens is 358 g/mol. The highest BCUT2D eigenvalue weighted by molar-refractivity contribution is 5.78. The summed E-state index contributed by atoms with van der Waals surface area (Å²) in [5.74, 6) is 2.00. The lowest BCUT2D eigenvalue weighted by atomic mass is 10.1. The normalized spacial score (nSPS) is 14.3. The molecule has 1 aliphatic rings. The van der Waals surface area contributed by atoms with Gasteiger partial charge in [-0.2, -0.15) is 4.52 Å². The molecule has 1 amide bonds. The first-order valence-corrected chi connectivity index (χ1v) is 9.52. The average molecular weight is 381 g/mol. The second kappa shape index (κ2) is 8.24. The molecular formula is C20H23N5O3. The summed E-state index contributed by atoms with van der Waals surface area (Å²) < 4.78 is 12.8. The van der Waals surface area contributed by atoms with Crippen molar-refractivity contribution in [3.63, 3.8) is 0 Å². The molecule has 1 N–H and O–H groups in total. The van der Waals surface area contributed by atoms with Crippen LogP contribution in [-0.4, -0.2) is 46.0 Å². The molecule has 2 heterocycles. The second-order valence-corrected chi connectivity index (χ2v) is 6.79. The minimum absolute atomic E-state index is 0.127. The molecule has 28 heavy (non-hydrogen) atoms. The van der Waals surface area contributed by atoms with E-state index >= 15 is 0 Å². The topological polar surface area (TPSA) is 90.6 Å². The maximum absolute atomic E-state index is 12.0. The van der Waals surface area contributed by atoms with E-state index in [9.17, 15) is 4.79 Å². The van der Waals surface area contributed by atoms with E-state index < -0.39 is 0 Å². The number of carbonyl (C=O) groups excluding carboxylic acids is 1. The van der Waals surface area contributed by atoms with Crippen LogP contribution in [0.1, 0.15) is 25.7 Å². The van der Waals surface area contributed by atoms with Gasteiger partial charge in [-0.1, -0.05) is 25.0 Å². The summed E-state index contributed by atoms with van der Waals surface area (Å²) in [4.78, 5) is 12.0. The van der Waals surface area contributed by atoms with Gasteiger partial charge in [0.2, 0.25) is 11.8 Å². The Morgan fingerprint density at radius 1 is 1.18 bits per heavy atom. The summed E-state index contributed by atoms with van der Waals surface area (Å²) in [7, 11) is 1.61. The van der Waals surface area contributed by atoms with Crippen molar-refractivity contribution in [3.8, 4) is 23.0 Å². The van der Waals surface area contributed by atoms with Gasteiger partial charge in [0.25, 0.3) is 0 Å². The minimum Gasteiger partial charge on any atom is -0.496 e. The van der Waals surface area contributed by atoms with Crippen molar-refractivity contribution in [2.24, 2.45) is 5.92 Å². The van der Waals surface area contributed by atoms with Gasteiger partial charge in [0.15, 0.2) is 11.5 Å². The maximum Gasteiger partial charge on any atom is 0.231 e. The summed E-state index contributed by atoms with van der Waals surface area (Å²) >= 11 is 0. The first-order valence-electron chi connectivity index (χ1n) is 9.52. The first-order chi connectivity index (χ1) is 13.8. The molecule has 1 saturated carbocycles. The Bertz CT molecular complexity index is 965. The fourth-order valence-electron chi connectivity index (χ4n) is 3.51. The molecule has 4 rings (SSSR count). The number of para-hydroxylation sites is 1. The van der Waals surface area contributed by atoms with E-state index in [1.165, 1.54) is 0 Å². The Hall–Kier alpha value is -3.16. The molecule has 0 bridgehead atoms. The van der Waals surface area contributed by atoms with Crippen LogP contribution < -0.4 is 14.8 Å². The van der Waals surface area contributed by atoms with Crippen LogP contribution in [0.2, 0.25) is 0 Å². The van der Waals surface area contributed by atoms with E-state index in [1.54, 1.807) is 23.8 Å². The van der Waals surface area contributed by atoms with Crippen molar-refractivity contribution in [1.29, 1.82) is 0 Å². The fourth-order valence-corrected chi connectivity index (χ4v) is 3.51. The summed E-state index contributed by atoms with van der Waals surface area (Å²) in [6, 6.07) is 11.1. The molecule has 0 saturated heterocycles. The molecule has 2 aromatic heterocycles. The number of hydrogen-bond donors (Lipinski definition) is 1.